The summed E-state index contributed by atoms with van der Waals surface area (Å²) in [7, 11) is -2.46. The minimum atomic E-state index is -3.76. The van der Waals surface area contributed by atoms with E-state index in [1.54, 1.807) is 0 Å². The lowest BCUT2D eigenvalue weighted by atomic mass is 10.3. The van der Waals surface area contributed by atoms with Crippen molar-refractivity contribution in [2.45, 2.75) is 10.9 Å². The minimum Gasteiger partial charge on any atom is -0.490 e. The molecule has 1 aromatic carbocycles. The molecule has 1 saturated carbocycles. The van der Waals surface area contributed by atoms with Crippen LogP contribution in [0.3, 0.4) is 0 Å². The van der Waals surface area contributed by atoms with Gasteiger partial charge < -0.3 is 10.1 Å². The average Bonchev–Trinajstić information content (AvgIpc) is 2.88. The number of sulfonamides is 1. The summed E-state index contributed by atoms with van der Waals surface area (Å²) in [4.78, 5) is 10.2. The number of rotatable bonds is 5. The SMILES string of the molecule is COc1ccc(S(=O)(=O)NC2C3CNCC32)cc1[N+](=O)[O-].Cl. The summed E-state index contributed by atoms with van der Waals surface area (Å²) >= 11 is 0. The van der Waals surface area contributed by atoms with Crippen LogP contribution in [0.5, 0.6) is 5.75 Å². The van der Waals surface area contributed by atoms with Crippen LogP contribution in [-0.2, 0) is 10.0 Å². The van der Waals surface area contributed by atoms with Crippen LogP contribution in [0.2, 0.25) is 0 Å². The maximum Gasteiger partial charge on any atom is 0.312 e. The molecule has 1 heterocycles. The van der Waals surface area contributed by atoms with E-state index in [1.165, 1.54) is 19.2 Å². The fraction of sp³-hybridized carbons (Fsp3) is 0.500. The molecule has 2 aliphatic rings. The molecule has 0 spiro atoms. The smallest absolute Gasteiger partial charge is 0.312 e. The molecule has 0 radical (unpaired) electrons. The monoisotopic (exact) mass is 349 g/mol. The number of nitrogens with zero attached hydrogens (tertiary/aromatic N) is 1. The molecule has 2 atom stereocenters. The number of fused-ring (bicyclic) bond motifs is 1. The lowest BCUT2D eigenvalue weighted by Gasteiger charge is -2.09. The highest BCUT2D eigenvalue weighted by molar-refractivity contribution is 7.89. The molecule has 1 saturated heterocycles. The first-order valence-corrected chi connectivity index (χ1v) is 7.98. The molecular formula is C12H16ClN3O5S. The van der Waals surface area contributed by atoms with Crippen molar-refractivity contribution < 1.29 is 18.1 Å². The van der Waals surface area contributed by atoms with Gasteiger partial charge in [-0.2, -0.15) is 0 Å². The predicted octanol–water partition coefficient (Wildman–Crippen LogP) is 0.521. The van der Waals surface area contributed by atoms with Crippen molar-refractivity contribution in [3.8, 4) is 5.75 Å². The third kappa shape index (κ3) is 2.89. The van der Waals surface area contributed by atoms with E-state index < -0.39 is 14.9 Å². The number of hydrogen-bond acceptors (Lipinski definition) is 6. The number of methoxy groups -OCH3 is 1. The van der Waals surface area contributed by atoms with E-state index in [0.29, 0.717) is 11.8 Å². The van der Waals surface area contributed by atoms with Crippen LogP contribution >= 0.6 is 12.4 Å². The number of piperidine rings is 1. The Morgan fingerprint density at radius 3 is 2.55 bits per heavy atom. The van der Waals surface area contributed by atoms with Crippen LogP contribution in [0.25, 0.3) is 0 Å². The lowest BCUT2D eigenvalue weighted by Crippen LogP contribution is -2.32. The first-order valence-electron chi connectivity index (χ1n) is 6.49. The van der Waals surface area contributed by atoms with Gasteiger partial charge >= 0.3 is 5.69 Å². The van der Waals surface area contributed by atoms with Crippen LogP contribution in [-0.4, -0.2) is 39.6 Å². The number of hydrogen-bond donors (Lipinski definition) is 2. The lowest BCUT2D eigenvalue weighted by molar-refractivity contribution is -0.386. The van der Waals surface area contributed by atoms with E-state index in [-0.39, 0.29) is 34.8 Å². The number of nitro benzene ring substituents is 1. The molecule has 0 amide bonds. The van der Waals surface area contributed by atoms with E-state index in [1.807, 2.05) is 0 Å². The summed E-state index contributed by atoms with van der Waals surface area (Å²) in [6.45, 7) is 1.61. The summed E-state index contributed by atoms with van der Waals surface area (Å²) in [5.41, 5.74) is -0.363. The van der Waals surface area contributed by atoms with Gasteiger partial charge in [-0.1, -0.05) is 0 Å². The molecule has 3 rings (SSSR count). The van der Waals surface area contributed by atoms with Crippen LogP contribution in [0.15, 0.2) is 23.1 Å². The summed E-state index contributed by atoms with van der Waals surface area (Å²) in [6, 6.07) is 3.56. The molecule has 10 heteroatoms. The molecule has 1 aliphatic carbocycles. The number of nitro groups is 1. The molecule has 2 N–H and O–H groups in total. The zero-order valence-corrected chi connectivity index (χ0v) is 13.3. The Labute approximate surface area is 133 Å². The predicted molar refractivity (Wildman–Crippen MR) is 80.9 cm³/mol. The Morgan fingerprint density at radius 1 is 1.36 bits per heavy atom. The molecule has 1 aliphatic heterocycles. The van der Waals surface area contributed by atoms with Crippen molar-refractivity contribution in [1.29, 1.82) is 0 Å². The minimum absolute atomic E-state index is 0. The number of ether oxygens (including phenoxy) is 1. The highest BCUT2D eigenvalue weighted by atomic mass is 35.5. The third-order valence-electron chi connectivity index (χ3n) is 4.04. The first-order chi connectivity index (χ1) is 9.94. The summed E-state index contributed by atoms with van der Waals surface area (Å²) < 4.78 is 32.1. The number of nitrogens with one attached hydrogen (secondary N) is 2. The maximum atomic E-state index is 12.3. The van der Waals surface area contributed by atoms with Crippen molar-refractivity contribution in [3.63, 3.8) is 0 Å². The summed E-state index contributed by atoms with van der Waals surface area (Å²) in [5, 5.41) is 14.1. The second-order valence-corrected chi connectivity index (χ2v) is 6.94. The molecule has 0 bridgehead atoms. The van der Waals surface area contributed by atoms with Gasteiger partial charge in [0.2, 0.25) is 10.0 Å². The second-order valence-electron chi connectivity index (χ2n) is 5.22. The first kappa shape index (κ1) is 16.9. The van der Waals surface area contributed by atoms with Crippen molar-refractivity contribution >= 4 is 28.1 Å². The van der Waals surface area contributed by atoms with Gasteiger partial charge in [0, 0.05) is 12.1 Å². The zero-order chi connectivity index (χ0) is 15.2. The molecule has 22 heavy (non-hydrogen) atoms. The molecule has 1 aromatic rings. The van der Waals surface area contributed by atoms with Gasteiger partial charge in [-0.05, 0) is 37.1 Å². The van der Waals surface area contributed by atoms with Gasteiger partial charge in [0.25, 0.3) is 0 Å². The van der Waals surface area contributed by atoms with Crippen LogP contribution < -0.4 is 14.8 Å². The quantitative estimate of drug-likeness (QED) is 0.592. The fourth-order valence-electron chi connectivity index (χ4n) is 2.82. The largest absolute Gasteiger partial charge is 0.490 e. The Balaban J connectivity index is 0.00000176. The van der Waals surface area contributed by atoms with Gasteiger partial charge in [-0.3, -0.25) is 10.1 Å². The van der Waals surface area contributed by atoms with Gasteiger partial charge in [0.15, 0.2) is 5.75 Å². The second kappa shape index (κ2) is 5.99. The molecule has 8 nitrogen and oxygen atoms in total. The highest BCUT2D eigenvalue weighted by Gasteiger charge is 2.54. The van der Waals surface area contributed by atoms with Crippen molar-refractivity contribution in [2.24, 2.45) is 11.8 Å². The zero-order valence-electron chi connectivity index (χ0n) is 11.7. The van der Waals surface area contributed by atoms with Gasteiger partial charge in [-0.25, -0.2) is 13.1 Å². The standard InChI is InChI=1S/C12H15N3O5S.ClH/c1-20-11-3-2-7(4-10(11)15(16)17)21(18,19)14-12-8-5-13-6-9(8)12;/h2-4,8-9,12-14H,5-6H2,1H3;1H. The van der Waals surface area contributed by atoms with E-state index in [9.17, 15) is 18.5 Å². The van der Waals surface area contributed by atoms with Crippen molar-refractivity contribution in [2.75, 3.05) is 20.2 Å². The van der Waals surface area contributed by atoms with E-state index >= 15 is 0 Å². The maximum absolute atomic E-state index is 12.3. The Morgan fingerprint density at radius 2 is 2.00 bits per heavy atom. The molecule has 2 unspecified atom stereocenters. The van der Waals surface area contributed by atoms with Crippen molar-refractivity contribution in [3.05, 3.63) is 28.3 Å². The Bertz CT molecular complexity index is 686. The molecular weight excluding hydrogens is 334 g/mol. The van der Waals surface area contributed by atoms with E-state index in [4.69, 9.17) is 4.74 Å². The Hall–Kier alpha value is -1.42. The Kier molecular flexibility index (Phi) is 4.62. The third-order valence-corrected chi connectivity index (χ3v) is 5.50. The summed E-state index contributed by atoms with van der Waals surface area (Å²) in [5.74, 6) is 0.687. The topological polar surface area (TPSA) is 111 Å². The van der Waals surface area contributed by atoms with Gasteiger partial charge in [-0.15, -0.1) is 12.4 Å². The van der Waals surface area contributed by atoms with Crippen LogP contribution in [0.4, 0.5) is 5.69 Å². The highest BCUT2D eigenvalue weighted by Crippen LogP contribution is 2.42. The van der Waals surface area contributed by atoms with E-state index in [2.05, 4.69) is 10.0 Å². The molecule has 0 aromatic heterocycles. The van der Waals surface area contributed by atoms with Crippen LogP contribution in [0.1, 0.15) is 0 Å². The normalized spacial score (nSPS) is 26.0. The van der Waals surface area contributed by atoms with E-state index in [0.717, 1.165) is 19.2 Å². The van der Waals surface area contributed by atoms with Crippen molar-refractivity contribution in [1.82, 2.24) is 10.0 Å². The fourth-order valence-corrected chi connectivity index (χ4v) is 4.18. The molecule has 2 fully saturated rings. The summed E-state index contributed by atoms with van der Waals surface area (Å²) in [6.07, 6.45) is 0. The van der Waals surface area contributed by atoms with Gasteiger partial charge in [0.1, 0.15) is 0 Å². The number of halogens is 1. The van der Waals surface area contributed by atoms with Crippen LogP contribution in [0, 0.1) is 22.0 Å². The average molecular weight is 350 g/mol. The number of benzene rings is 1. The van der Waals surface area contributed by atoms with Gasteiger partial charge in [0.05, 0.1) is 16.9 Å². The molecule has 122 valence electrons.